The molecule has 4 heteroatoms. The van der Waals surface area contributed by atoms with Crippen molar-refractivity contribution in [3.63, 3.8) is 0 Å². The summed E-state index contributed by atoms with van der Waals surface area (Å²) in [5.74, 6) is 0. The molecule has 1 atom stereocenters. The van der Waals surface area contributed by atoms with Crippen molar-refractivity contribution in [1.29, 1.82) is 0 Å². The standard InChI is InChI=1S/C9H17N3O/c1-2-5-11-9(13)12-6-3-4-8(10)7-12/h2,8H,1,3-7,10H2,(H,11,13). The molecule has 3 N–H and O–H groups in total. The van der Waals surface area contributed by atoms with Gasteiger partial charge in [-0.2, -0.15) is 0 Å². The Balaban J connectivity index is 2.32. The minimum absolute atomic E-state index is 0.0324. The van der Waals surface area contributed by atoms with E-state index in [1.807, 2.05) is 0 Å². The largest absolute Gasteiger partial charge is 0.335 e. The summed E-state index contributed by atoms with van der Waals surface area (Å²) in [6.07, 6.45) is 3.69. The number of amides is 2. The van der Waals surface area contributed by atoms with Crippen LogP contribution in [0, 0.1) is 0 Å². The highest BCUT2D eigenvalue weighted by Gasteiger charge is 2.20. The van der Waals surface area contributed by atoms with Crippen LogP contribution >= 0.6 is 0 Å². The van der Waals surface area contributed by atoms with Gasteiger partial charge in [0.15, 0.2) is 0 Å². The lowest BCUT2D eigenvalue weighted by Crippen LogP contribution is -2.49. The van der Waals surface area contributed by atoms with Crippen LogP contribution in [0.25, 0.3) is 0 Å². The zero-order valence-corrected chi connectivity index (χ0v) is 7.83. The van der Waals surface area contributed by atoms with Gasteiger partial charge in [0.1, 0.15) is 0 Å². The van der Waals surface area contributed by atoms with Crippen molar-refractivity contribution in [2.45, 2.75) is 18.9 Å². The molecule has 0 saturated carbocycles. The summed E-state index contributed by atoms with van der Waals surface area (Å²) in [6, 6.07) is 0.110. The smallest absolute Gasteiger partial charge is 0.317 e. The summed E-state index contributed by atoms with van der Waals surface area (Å²) in [5, 5.41) is 2.74. The van der Waals surface area contributed by atoms with E-state index in [1.54, 1.807) is 11.0 Å². The van der Waals surface area contributed by atoms with Gasteiger partial charge in [-0.3, -0.25) is 0 Å². The van der Waals surface area contributed by atoms with Gasteiger partial charge in [0.2, 0.25) is 0 Å². The Morgan fingerprint density at radius 3 is 3.15 bits per heavy atom. The topological polar surface area (TPSA) is 58.4 Å². The maximum atomic E-state index is 11.4. The fourth-order valence-electron chi connectivity index (χ4n) is 1.47. The lowest BCUT2D eigenvalue weighted by atomic mass is 10.1. The lowest BCUT2D eigenvalue weighted by Gasteiger charge is -2.30. The predicted molar refractivity (Wildman–Crippen MR) is 52.4 cm³/mol. The quantitative estimate of drug-likeness (QED) is 0.605. The zero-order chi connectivity index (χ0) is 9.68. The van der Waals surface area contributed by atoms with Gasteiger partial charge in [-0.05, 0) is 12.8 Å². The number of carbonyl (C=O) groups excluding carboxylic acids is 1. The molecule has 1 heterocycles. The van der Waals surface area contributed by atoms with Crippen molar-refractivity contribution in [3.8, 4) is 0 Å². The molecule has 0 aliphatic carbocycles. The molecule has 0 aromatic heterocycles. The van der Waals surface area contributed by atoms with E-state index < -0.39 is 0 Å². The van der Waals surface area contributed by atoms with Crippen LogP contribution in [-0.2, 0) is 0 Å². The summed E-state index contributed by atoms with van der Waals surface area (Å²) >= 11 is 0. The van der Waals surface area contributed by atoms with Gasteiger partial charge in [0, 0.05) is 25.7 Å². The number of likely N-dealkylation sites (tertiary alicyclic amines) is 1. The first kappa shape index (κ1) is 10.1. The maximum absolute atomic E-state index is 11.4. The number of nitrogens with one attached hydrogen (secondary N) is 1. The van der Waals surface area contributed by atoms with Gasteiger partial charge in [0.25, 0.3) is 0 Å². The van der Waals surface area contributed by atoms with Crippen LogP contribution in [0.2, 0.25) is 0 Å². The highest BCUT2D eigenvalue weighted by atomic mass is 16.2. The molecular formula is C9H17N3O. The van der Waals surface area contributed by atoms with E-state index in [0.29, 0.717) is 13.1 Å². The van der Waals surface area contributed by atoms with Gasteiger partial charge in [0.05, 0.1) is 0 Å². The number of hydrogen-bond donors (Lipinski definition) is 2. The SMILES string of the molecule is C=CCNC(=O)N1CCCC(N)C1. The third-order valence-corrected chi connectivity index (χ3v) is 2.14. The summed E-state index contributed by atoms with van der Waals surface area (Å²) < 4.78 is 0. The summed E-state index contributed by atoms with van der Waals surface area (Å²) in [6.45, 7) is 5.54. The second-order valence-corrected chi connectivity index (χ2v) is 3.32. The number of urea groups is 1. The monoisotopic (exact) mass is 183 g/mol. The molecule has 0 bridgehead atoms. The van der Waals surface area contributed by atoms with Crippen molar-refractivity contribution in [2.75, 3.05) is 19.6 Å². The molecule has 0 radical (unpaired) electrons. The van der Waals surface area contributed by atoms with E-state index in [2.05, 4.69) is 11.9 Å². The van der Waals surface area contributed by atoms with Crippen LogP contribution in [0.4, 0.5) is 4.79 Å². The average molecular weight is 183 g/mol. The second kappa shape index (κ2) is 4.87. The molecule has 1 saturated heterocycles. The molecule has 0 aromatic rings. The van der Waals surface area contributed by atoms with Crippen LogP contribution in [0.3, 0.4) is 0 Å². The van der Waals surface area contributed by atoms with Gasteiger partial charge < -0.3 is 16.0 Å². The van der Waals surface area contributed by atoms with Crippen molar-refractivity contribution in [2.24, 2.45) is 5.73 Å². The molecule has 0 spiro atoms. The molecule has 4 nitrogen and oxygen atoms in total. The van der Waals surface area contributed by atoms with Gasteiger partial charge in [-0.15, -0.1) is 6.58 Å². The van der Waals surface area contributed by atoms with Crippen LogP contribution < -0.4 is 11.1 Å². The Hall–Kier alpha value is -1.03. The molecular weight excluding hydrogens is 166 g/mol. The molecule has 1 unspecified atom stereocenters. The Labute approximate surface area is 78.8 Å². The minimum Gasteiger partial charge on any atom is -0.335 e. The third-order valence-electron chi connectivity index (χ3n) is 2.14. The Morgan fingerprint density at radius 1 is 1.77 bits per heavy atom. The number of piperidine rings is 1. The lowest BCUT2D eigenvalue weighted by molar-refractivity contribution is 0.181. The van der Waals surface area contributed by atoms with E-state index >= 15 is 0 Å². The predicted octanol–water partition coefficient (Wildman–Crippen LogP) is 0.305. The average Bonchev–Trinajstić information content (AvgIpc) is 2.14. The number of nitrogens with zero attached hydrogens (tertiary/aromatic N) is 1. The van der Waals surface area contributed by atoms with E-state index in [-0.39, 0.29) is 12.1 Å². The van der Waals surface area contributed by atoms with E-state index in [4.69, 9.17) is 5.73 Å². The number of carbonyl (C=O) groups is 1. The highest BCUT2D eigenvalue weighted by molar-refractivity contribution is 5.74. The van der Waals surface area contributed by atoms with Gasteiger partial charge in [-0.1, -0.05) is 6.08 Å². The summed E-state index contributed by atoms with van der Waals surface area (Å²) in [5.41, 5.74) is 5.75. The Bertz CT molecular complexity index is 193. The summed E-state index contributed by atoms with van der Waals surface area (Å²) in [4.78, 5) is 13.2. The van der Waals surface area contributed by atoms with E-state index in [1.165, 1.54) is 0 Å². The van der Waals surface area contributed by atoms with Crippen molar-refractivity contribution >= 4 is 6.03 Å². The molecule has 1 fully saturated rings. The molecule has 0 aromatic carbocycles. The molecule has 1 rings (SSSR count). The Morgan fingerprint density at radius 2 is 2.54 bits per heavy atom. The first-order valence-electron chi connectivity index (χ1n) is 4.63. The number of nitrogens with two attached hydrogens (primary N) is 1. The van der Waals surface area contributed by atoms with Crippen LogP contribution in [-0.4, -0.2) is 36.6 Å². The molecule has 2 amide bonds. The molecule has 13 heavy (non-hydrogen) atoms. The van der Waals surface area contributed by atoms with Crippen molar-refractivity contribution < 1.29 is 4.79 Å². The van der Waals surface area contributed by atoms with Gasteiger partial charge in [-0.25, -0.2) is 4.79 Å². The molecule has 74 valence electrons. The van der Waals surface area contributed by atoms with Crippen molar-refractivity contribution in [1.82, 2.24) is 10.2 Å². The number of rotatable bonds is 2. The minimum atomic E-state index is -0.0324. The normalized spacial score (nSPS) is 22.5. The molecule has 1 aliphatic heterocycles. The van der Waals surface area contributed by atoms with E-state index in [0.717, 1.165) is 19.4 Å². The Kier molecular flexibility index (Phi) is 3.76. The summed E-state index contributed by atoms with van der Waals surface area (Å²) in [7, 11) is 0. The maximum Gasteiger partial charge on any atom is 0.317 e. The fourth-order valence-corrected chi connectivity index (χ4v) is 1.47. The number of hydrogen-bond acceptors (Lipinski definition) is 2. The zero-order valence-electron chi connectivity index (χ0n) is 7.83. The van der Waals surface area contributed by atoms with E-state index in [9.17, 15) is 4.79 Å². The fraction of sp³-hybridized carbons (Fsp3) is 0.667. The first-order valence-corrected chi connectivity index (χ1v) is 4.63. The van der Waals surface area contributed by atoms with Crippen LogP contribution in [0.15, 0.2) is 12.7 Å². The van der Waals surface area contributed by atoms with Gasteiger partial charge >= 0.3 is 6.03 Å². The van der Waals surface area contributed by atoms with Crippen LogP contribution in [0.5, 0.6) is 0 Å². The van der Waals surface area contributed by atoms with Crippen molar-refractivity contribution in [3.05, 3.63) is 12.7 Å². The third kappa shape index (κ3) is 3.06. The van der Waals surface area contributed by atoms with Crippen LogP contribution in [0.1, 0.15) is 12.8 Å². The highest BCUT2D eigenvalue weighted by Crippen LogP contribution is 2.07. The first-order chi connectivity index (χ1) is 6.24. The molecule has 1 aliphatic rings. The second-order valence-electron chi connectivity index (χ2n) is 3.32.